The van der Waals surface area contributed by atoms with E-state index in [2.05, 4.69) is 60.4 Å². The fourth-order valence-electron chi connectivity index (χ4n) is 2.95. The highest BCUT2D eigenvalue weighted by Crippen LogP contribution is 2.31. The fraction of sp³-hybridized carbons (Fsp3) is 0.263. The summed E-state index contributed by atoms with van der Waals surface area (Å²) in [5.41, 5.74) is 12.1. The Hall–Kier alpha value is -2.06. The van der Waals surface area contributed by atoms with Gasteiger partial charge in [0.2, 0.25) is 0 Å². The second-order valence-electron chi connectivity index (χ2n) is 5.64. The summed E-state index contributed by atoms with van der Waals surface area (Å²) in [6.45, 7) is 2.91. The third-order valence-corrected chi connectivity index (χ3v) is 4.00. The molecule has 0 unspecified atom stereocenters. The van der Waals surface area contributed by atoms with E-state index in [-0.39, 0.29) is 0 Å². The number of rotatable bonds is 5. The Morgan fingerprint density at radius 2 is 1.86 bits per heavy atom. The number of aryl methyl sites for hydroxylation is 2. The zero-order valence-corrected chi connectivity index (χ0v) is 12.5. The highest BCUT2D eigenvalue weighted by atomic mass is 14.7. The van der Waals surface area contributed by atoms with E-state index < -0.39 is 0 Å². The lowest BCUT2D eigenvalue weighted by molar-refractivity contribution is 0.748. The molecule has 0 radical (unpaired) electrons. The van der Waals surface area contributed by atoms with Gasteiger partial charge in [0.25, 0.3) is 0 Å². The predicted molar refractivity (Wildman–Crippen MR) is 90.5 cm³/mol. The van der Waals surface area contributed by atoms with Crippen molar-refractivity contribution in [3.63, 3.8) is 0 Å². The lowest BCUT2D eigenvalue weighted by atomic mass is 9.99. The van der Waals surface area contributed by atoms with Crippen molar-refractivity contribution >= 4 is 10.9 Å². The third-order valence-electron chi connectivity index (χ3n) is 4.00. The van der Waals surface area contributed by atoms with Crippen LogP contribution in [-0.2, 0) is 6.42 Å². The molecule has 0 bridgehead atoms. The zero-order valence-electron chi connectivity index (χ0n) is 12.5. The number of nitrogens with one attached hydrogen (secondary N) is 1. The largest absolute Gasteiger partial charge is 0.354 e. The van der Waals surface area contributed by atoms with Gasteiger partial charge in [-0.1, -0.05) is 42.0 Å². The molecular weight excluding hydrogens is 256 g/mol. The van der Waals surface area contributed by atoms with Gasteiger partial charge in [-0.15, -0.1) is 0 Å². The quantitative estimate of drug-likeness (QED) is 0.666. The van der Waals surface area contributed by atoms with E-state index in [1.54, 1.807) is 0 Å². The number of hydrogen-bond donors (Lipinski definition) is 2. The molecule has 0 atom stereocenters. The maximum absolute atomic E-state index is 5.64. The second-order valence-corrected chi connectivity index (χ2v) is 5.64. The summed E-state index contributed by atoms with van der Waals surface area (Å²) in [5, 5.41) is 1.34. The Morgan fingerprint density at radius 3 is 2.67 bits per heavy atom. The maximum Gasteiger partial charge on any atom is 0.0497 e. The van der Waals surface area contributed by atoms with Crippen LogP contribution in [0.15, 0.2) is 48.5 Å². The first-order valence-corrected chi connectivity index (χ1v) is 7.66. The average Bonchev–Trinajstić information content (AvgIpc) is 2.87. The van der Waals surface area contributed by atoms with Crippen molar-refractivity contribution in [2.24, 2.45) is 5.73 Å². The topological polar surface area (TPSA) is 41.8 Å². The molecule has 0 saturated heterocycles. The van der Waals surface area contributed by atoms with Crippen LogP contribution < -0.4 is 5.73 Å². The monoisotopic (exact) mass is 278 g/mol. The lowest BCUT2D eigenvalue weighted by Crippen LogP contribution is -1.99. The fourth-order valence-corrected chi connectivity index (χ4v) is 2.95. The third kappa shape index (κ3) is 2.86. The summed E-state index contributed by atoms with van der Waals surface area (Å²) in [6.07, 6.45) is 3.29. The van der Waals surface area contributed by atoms with Crippen molar-refractivity contribution in [3.05, 3.63) is 59.7 Å². The van der Waals surface area contributed by atoms with Crippen molar-refractivity contribution in [2.45, 2.75) is 26.2 Å². The molecular formula is C19H22N2. The standard InChI is InChI=1S/C19H22N2/c1-14-7-6-8-15(13-14)19-17(10-4-5-12-20)16-9-2-3-11-18(16)21-19/h2-3,6-9,11,13,21H,4-5,10,12,20H2,1H3. The Bertz CT molecular complexity index is 740. The minimum atomic E-state index is 0.766. The van der Waals surface area contributed by atoms with E-state index >= 15 is 0 Å². The molecule has 1 heterocycles. The Labute approximate surface area is 126 Å². The van der Waals surface area contributed by atoms with Crippen molar-refractivity contribution in [1.82, 2.24) is 4.98 Å². The number of hydrogen-bond acceptors (Lipinski definition) is 1. The minimum Gasteiger partial charge on any atom is -0.354 e. The van der Waals surface area contributed by atoms with Gasteiger partial charge in [0, 0.05) is 16.6 Å². The Kier molecular flexibility index (Phi) is 4.07. The number of aromatic amines is 1. The van der Waals surface area contributed by atoms with Gasteiger partial charge in [0.1, 0.15) is 0 Å². The van der Waals surface area contributed by atoms with E-state index in [0.29, 0.717) is 0 Å². The molecule has 108 valence electrons. The van der Waals surface area contributed by atoms with Crippen LogP contribution in [0.2, 0.25) is 0 Å². The molecule has 0 amide bonds. The van der Waals surface area contributed by atoms with Gasteiger partial charge < -0.3 is 10.7 Å². The Balaban J connectivity index is 2.09. The molecule has 0 spiro atoms. The number of aromatic nitrogens is 1. The van der Waals surface area contributed by atoms with Crippen LogP contribution in [0.4, 0.5) is 0 Å². The molecule has 3 rings (SSSR count). The van der Waals surface area contributed by atoms with Crippen LogP contribution in [0.5, 0.6) is 0 Å². The van der Waals surface area contributed by atoms with Crippen LogP contribution in [0.25, 0.3) is 22.2 Å². The summed E-state index contributed by atoms with van der Waals surface area (Å²) >= 11 is 0. The number of H-pyrrole nitrogens is 1. The molecule has 2 aromatic carbocycles. The molecule has 2 heteroatoms. The number of fused-ring (bicyclic) bond motifs is 1. The van der Waals surface area contributed by atoms with E-state index in [9.17, 15) is 0 Å². The van der Waals surface area contributed by atoms with Crippen molar-refractivity contribution in [1.29, 1.82) is 0 Å². The van der Waals surface area contributed by atoms with Gasteiger partial charge in [0.05, 0.1) is 0 Å². The smallest absolute Gasteiger partial charge is 0.0497 e. The van der Waals surface area contributed by atoms with Gasteiger partial charge in [-0.2, -0.15) is 0 Å². The molecule has 0 aliphatic heterocycles. The van der Waals surface area contributed by atoms with Gasteiger partial charge in [-0.25, -0.2) is 0 Å². The summed E-state index contributed by atoms with van der Waals surface area (Å²) in [5.74, 6) is 0. The zero-order chi connectivity index (χ0) is 14.7. The molecule has 2 nitrogen and oxygen atoms in total. The van der Waals surface area contributed by atoms with Crippen molar-refractivity contribution in [2.75, 3.05) is 6.54 Å². The van der Waals surface area contributed by atoms with Crippen LogP contribution >= 0.6 is 0 Å². The van der Waals surface area contributed by atoms with Gasteiger partial charge in [-0.05, 0) is 56.0 Å². The summed E-state index contributed by atoms with van der Waals surface area (Å²) in [4.78, 5) is 3.60. The van der Waals surface area contributed by atoms with Gasteiger partial charge in [0.15, 0.2) is 0 Å². The lowest BCUT2D eigenvalue weighted by Gasteiger charge is -2.06. The molecule has 0 aliphatic rings. The number of para-hydroxylation sites is 1. The summed E-state index contributed by atoms with van der Waals surface area (Å²) in [7, 11) is 0. The number of unbranched alkanes of at least 4 members (excludes halogenated alkanes) is 1. The molecule has 3 N–H and O–H groups in total. The number of nitrogens with two attached hydrogens (primary N) is 1. The molecule has 3 aromatic rings. The molecule has 0 aliphatic carbocycles. The highest BCUT2D eigenvalue weighted by molar-refractivity contribution is 5.90. The molecule has 0 saturated carbocycles. The van der Waals surface area contributed by atoms with Crippen LogP contribution in [0.3, 0.4) is 0 Å². The SMILES string of the molecule is Cc1cccc(-c2[nH]c3ccccc3c2CCCCN)c1. The molecule has 1 aromatic heterocycles. The van der Waals surface area contributed by atoms with E-state index in [1.165, 1.54) is 33.3 Å². The molecule has 21 heavy (non-hydrogen) atoms. The highest BCUT2D eigenvalue weighted by Gasteiger charge is 2.12. The van der Waals surface area contributed by atoms with E-state index in [4.69, 9.17) is 5.73 Å². The number of benzene rings is 2. The first-order chi connectivity index (χ1) is 10.3. The van der Waals surface area contributed by atoms with Crippen molar-refractivity contribution in [3.8, 4) is 11.3 Å². The van der Waals surface area contributed by atoms with Crippen LogP contribution in [0, 0.1) is 6.92 Å². The summed E-state index contributed by atoms with van der Waals surface area (Å²) in [6, 6.07) is 17.3. The second kappa shape index (κ2) is 6.15. The van der Waals surface area contributed by atoms with Crippen LogP contribution in [0.1, 0.15) is 24.0 Å². The first kappa shape index (κ1) is 13.9. The minimum absolute atomic E-state index is 0.766. The summed E-state index contributed by atoms with van der Waals surface area (Å²) < 4.78 is 0. The average molecular weight is 278 g/mol. The van der Waals surface area contributed by atoms with Gasteiger partial charge >= 0.3 is 0 Å². The first-order valence-electron chi connectivity index (χ1n) is 7.66. The maximum atomic E-state index is 5.64. The van der Waals surface area contributed by atoms with Crippen LogP contribution in [-0.4, -0.2) is 11.5 Å². The Morgan fingerprint density at radius 1 is 1.00 bits per heavy atom. The van der Waals surface area contributed by atoms with E-state index in [1.807, 2.05) is 0 Å². The normalized spacial score (nSPS) is 11.1. The molecule has 0 fully saturated rings. The van der Waals surface area contributed by atoms with Crippen molar-refractivity contribution < 1.29 is 0 Å². The van der Waals surface area contributed by atoms with E-state index in [0.717, 1.165) is 25.8 Å². The van der Waals surface area contributed by atoms with Gasteiger partial charge in [-0.3, -0.25) is 0 Å². The predicted octanol–water partition coefficient (Wildman–Crippen LogP) is 4.42.